The fourth-order valence-electron chi connectivity index (χ4n) is 1.53. The monoisotopic (exact) mass is 354 g/mol. The number of halogens is 2. The largest absolute Gasteiger partial charge is 0.478 e. The third-order valence-electron chi connectivity index (χ3n) is 2.39. The zero-order chi connectivity index (χ0) is 14.7. The van der Waals surface area contributed by atoms with Crippen LogP contribution in [0.25, 0.3) is 0 Å². The Morgan fingerprint density at radius 2 is 1.95 bits per heavy atom. The first-order chi connectivity index (χ1) is 9.45. The van der Waals surface area contributed by atoms with E-state index in [4.69, 9.17) is 16.7 Å². The summed E-state index contributed by atoms with van der Waals surface area (Å²) in [6, 6.07) is 7.22. The highest BCUT2D eigenvalue weighted by atomic mass is 79.9. The Kier molecular flexibility index (Phi) is 4.36. The molecular formula is C13H8BrClN2O3. The lowest BCUT2D eigenvalue weighted by Crippen LogP contribution is -2.12. The van der Waals surface area contributed by atoms with Gasteiger partial charge in [-0.1, -0.05) is 11.6 Å². The van der Waals surface area contributed by atoms with E-state index < -0.39 is 5.97 Å². The van der Waals surface area contributed by atoms with E-state index in [0.29, 0.717) is 15.9 Å². The molecule has 102 valence electrons. The molecule has 20 heavy (non-hydrogen) atoms. The second-order valence-corrected chi connectivity index (χ2v) is 5.10. The van der Waals surface area contributed by atoms with Crippen molar-refractivity contribution in [1.29, 1.82) is 0 Å². The summed E-state index contributed by atoms with van der Waals surface area (Å²) in [5.74, 6) is -1.50. The van der Waals surface area contributed by atoms with Gasteiger partial charge in [0.05, 0.1) is 5.56 Å². The number of anilines is 1. The van der Waals surface area contributed by atoms with Gasteiger partial charge < -0.3 is 10.4 Å². The number of pyridine rings is 1. The predicted molar refractivity (Wildman–Crippen MR) is 78.3 cm³/mol. The van der Waals surface area contributed by atoms with Crippen molar-refractivity contribution in [3.8, 4) is 0 Å². The third-order valence-corrected chi connectivity index (χ3v) is 3.04. The maximum Gasteiger partial charge on any atom is 0.335 e. The van der Waals surface area contributed by atoms with Crippen LogP contribution in [0.1, 0.15) is 20.7 Å². The van der Waals surface area contributed by atoms with Crippen molar-refractivity contribution in [2.24, 2.45) is 0 Å². The molecule has 2 N–H and O–H groups in total. The number of benzene rings is 1. The summed E-state index contributed by atoms with van der Waals surface area (Å²) >= 11 is 8.98. The highest BCUT2D eigenvalue weighted by Crippen LogP contribution is 2.20. The number of nitrogens with one attached hydrogen (secondary N) is 1. The summed E-state index contributed by atoms with van der Waals surface area (Å²) in [4.78, 5) is 26.8. The van der Waals surface area contributed by atoms with Gasteiger partial charge >= 0.3 is 5.97 Å². The van der Waals surface area contributed by atoms with Crippen molar-refractivity contribution >= 4 is 45.1 Å². The molecule has 2 aromatic rings. The average Bonchev–Trinajstić information content (AvgIpc) is 2.37. The highest BCUT2D eigenvalue weighted by Gasteiger charge is 2.10. The van der Waals surface area contributed by atoms with Gasteiger partial charge in [-0.15, -0.1) is 0 Å². The van der Waals surface area contributed by atoms with E-state index in [1.807, 2.05) is 0 Å². The molecule has 0 saturated heterocycles. The Balaban J connectivity index is 2.26. The van der Waals surface area contributed by atoms with Crippen molar-refractivity contribution in [2.45, 2.75) is 0 Å². The molecular weight excluding hydrogens is 348 g/mol. The van der Waals surface area contributed by atoms with Crippen LogP contribution in [0.2, 0.25) is 5.02 Å². The molecule has 0 bridgehead atoms. The smallest absolute Gasteiger partial charge is 0.335 e. The molecule has 1 heterocycles. The molecule has 0 radical (unpaired) electrons. The topological polar surface area (TPSA) is 79.3 Å². The second-order valence-electron chi connectivity index (χ2n) is 3.86. The normalized spacial score (nSPS) is 10.1. The minimum Gasteiger partial charge on any atom is -0.478 e. The van der Waals surface area contributed by atoms with Crippen molar-refractivity contribution in [3.05, 3.63) is 57.3 Å². The molecule has 5 nitrogen and oxygen atoms in total. The second kappa shape index (κ2) is 6.02. The van der Waals surface area contributed by atoms with E-state index in [1.54, 1.807) is 12.1 Å². The molecule has 0 fully saturated rings. The van der Waals surface area contributed by atoms with Gasteiger partial charge in [-0.3, -0.25) is 4.79 Å². The molecule has 7 heteroatoms. The molecule has 0 aliphatic rings. The van der Waals surface area contributed by atoms with Crippen LogP contribution in [-0.4, -0.2) is 22.0 Å². The molecule has 1 amide bonds. The number of carbonyl (C=O) groups is 2. The van der Waals surface area contributed by atoms with E-state index in [9.17, 15) is 9.59 Å². The first-order valence-electron chi connectivity index (χ1n) is 5.42. The van der Waals surface area contributed by atoms with Gasteiger partial charge in [0.25, 0.3) is 5.91 Å². The molecule has 0 saturated carbocycles. The van der Waals surface area contributed by atoms with E-state index in [0.717, 1.165) is 0 Å². The molecule has 2 rings (SSSR count). The maximum atomic E-state index is 12.0. The zero-order valence-corrected chi connectivity index (χ0v) is 12.3. The fourth-order valence-corrected chi connectivity index (χ4v) is 2.13. The van der Waals surface area contributed by atoms with Gasteiger partial charge in [-0.25, -0.2) is 9.78 Å². The van der Waals surface area contributed by atoms with Crippen molar-refractivity contribution in [1.82, 2.24) is 4.98 Å². The number of carbonyl (C=O) groups excluding carboxylic acids is 1. The fraction of sp³-hybridized carbons (Fsp3) is 0. The highest BCUT2D eigenvalue weighted by molar-refractivity contribution is 9.10. The number of carboxylic acids is 1. The predicted octanol–water partition coefficient (Wildman–Crippen LogP) is 3.45. The summed E-state index contributed by atoms with van der Waals surface area (Å²) in [6.07, 6.45) is 1.49. The maximum absolute atomic E-state index is 12.0. The van der Waals surface area contributed by atoms with Gasteiger partial charge in [0.1, 0.15) is 4.60 Å². The van der Waals surface area contributed by atoms with Gasteiger partial charge in [0.15, 0.2) is 0 Å². The number of amides is 1. The van der Waals surface area contributed by atoms with Crippen LogP contribution in [0.3, 0.4) is 0 Å². The van der Waals surface area contributed by atoms with Crippen LogP contribution in [0, 0.1) is 0 Å². The molecule has 1 aromatic carbocycles. The Hall–Kier alpha value is -1.92. The van der Waals surface area contributed by atoms with Crippen molar-refractivity contribution in [2.75, 3.05) is 5.32 Å². The van der Waals surface area contributed by atoms with Crippen LogP contribution in [0.4, 0.5) is 5.69 Å². The van der Waals surface area contributed by atoms with Crippen molar-refractivity contribution in [3.63, 3.8) is 0 Å². The number of nitrogens with zero attached hydrogens (tertiary/aromatic N) is 1. The van der Waals surface area contributed by atoms with E-state index >= 15 is 0 Å². The molecule has 0 aliphatic carbocycles. The number of aromatic carboxylic acids is 1. The van der Waals surface area contributed by atoms with E-state index in [-0.39, 0.29) is 16.5 Å². The van der Waals surface area contributed by atoms with Crippen LogP contribution in [-0.2, 0) is 0 Å². The molecule has 0 unspecified atom stereocenters. The van der Waals surface area contributed by atoms with Crippen LogP contribution in [0.5, 0.6) is 0 Å². The van der Waals surface area contributed by atoms with Crippen LogP contribution >= 0.6 is 27.5 Å². The Labute approximate surface area is 127 Å². The van der Waals surface area contributed by atoms with Gasteiger partial charge in [-0.05, 0) is 46.3 Å². The number of rotatable bonds is 3. The van der Waals surface area contributed by atoms with Gasteiger partial charge in [0.2, 0.25) is 0 Å². The lowest BCUT2D eigenvalue weighted by molar-refractivity contribution is 0.0696. The first kappa shape index (κ1) is 14.5. The molecule has 1 aromatic heterocycles. The van der Waals surface area contributed by atoms with Gasteiger partial charge in [0, 0.05) is 22.5 Å². The third kappa shape index (κ3) is 3.55. The Morgan fingerprint density at radius 3 is 2.60 bits per heavy atom. The summed E-state index contributed by atoms with van der Waals surface area (Å²) in [7, 11) is 0. The SMILES string of the molecule is O=C(O)c1cc(Cl)cc(NC(=O)c2ccnc(Br)c2)c1. The Morgan fingerprint density at radius 1 is 1.20 bits per heavy atom. The van der Waals surface area contributed by atoms with Gasteiger partial charge in [-0.2, -0.15) is 0 Å². The standard InChI is InChI=1S/C13H8BrClN2O3/c14-11-5-7(1-2-16-11)12(18)17-10-4-8(13(19)20)3-9(15)6-10/h1-6H,(H,17,18)(H,19,20). The lowest BCUT2D eigenvalue weighted by Gasteiger charge is -2.07. The summed E-state index contributed by atoms with van der Waals surface area (Å²) in [5.41, 5.74) is 0.709. The molecule has 0 atom stereocenters. The summed E-state index contributed by atoms with van der Waals surface area (Å²) < 4.78 is 0.530. The minimum atomic E-state index is -1.12. The van der Waals surface area contributed by atoms with E-state index in [1.165, 1.54) is 24.4 Å². The van der Waals surface area contributed by atoms with Crippen molar-refractivity contribution < 1.29 is 14.7 Å². The first-order valence-corrected chi connectivity index (χ1v) is 6.59. The lowest BCUT2D eigenvalue weighted by atomic mass is 10.2. The van der Waals surface area contributed by atoms with Crippen LogP contribution in [0.15, 0.2) is 41.1 Å². The number of hydrogen-bond donors (Lipinski definition) is 2. The Bertz CT molecular complexity index is 691. The van der Waals surface area contributed by atoms with Crippen LogP contribution < -0.4 is 5.32 Å². The molecule has 0 aliphatic heterocycles. The number of aromatic nitrogens is 1. The molecule has 0 spiro atoms. The average molecular weight is 356 g/mol. The quantitative estimate of drug-likeness (QED) is 0.827. The zero-order valence-electron chi connectivity index (χ0n) is 9.93. The van der Waals surface area contributed by atoms with E-state index in [2.05, 4.69) is 26.2 Å². The number of carboxylic acid groups (broad SMARTS) is 1. The summed E-state index contributed by atoms with van der Waals surface area (Å²) in [5, 5.41) is 11.8. The summed E-state index contributed by atoms with van der Waals surface area (Å²) in [6.45, 7) is 0. The minimum absolute atomic E-state index is 0.00343. The number of hydrogen-bond acceptors (Lipinski definition) is 3.